The summed E-state index contributed by atoms with van der Waals surface area (Å²) < 4.78 is 12.7. The number of aliphatic hydroxyl groups is 1. The molecule has 0 aliphatic heterocycles. The van der Waals surface area contributed by atoms with E-state index in [1.807, 2.05) is 0 Å². The number of hydrogen-bond donors (Lipinski definition) is 3. The first kappa shape index (κ1) is 12.8. The lowest BCUT2D eigenvalue weighted by Gasteiger charge is -2.15. The van der Waals surface area contributed by atoms with Gasteiger partial charge in [-0.25, -0.2) is 9.18 Å². The summed E-state index contributed by atoms with van der Waals surface area (Å²) >= 11 is 0. The van der Waals surface area contributed by atoms with E-state index < -0.39 is 0 Å². The van der Waals surface area contributed by atoms with Gasteiger partial charge in [-0.1, -0.05) is 0 Å². The Balaban J connectivity index is 1.77. The van der Waals surface area contributed by atoms with E-state index in [1.165, 1.54) is 24.3 Å². The maximum Gasteiger partial charge on any atom is 0.319 e. The van der Waals surface area contributed by atoms with Crippen molar-refractivity contribution < 1.29 is 14.3 Å². The molecule has 2 amide bonds. The van der Waals surface area contributed by atoms with Crippen molar-refractivity contribution in [3.8, 4) is 0 Å². The van der Waals surface area contributed by atoms with E-state index in [4.69, 9.17) is 5.11 Å². The third-order valence-corrected chi connectivity index (χ3v) is 3.33. The summed E-state index contributed by atoms with van der Waals surface area (Å²) in [5.41, 5.74) is 0.649. The number of urea groups is 1. The van der Waals surface area contributed by atoms with Crippen LogP contribution < -0.4 is 10.6 Å². The summed E-state index contributed by atoms with van der Waals surface area (Å²) in [6.45, 7) is 0.724. The Morgan fingerprint density at radius 2 is 2.00 bits per heavy atom. The van der Waals surface area contributed by atoms with Gasteiger partial charge in [0.15, 0.2) is 0 Å². The number of anilines is 1. The van der Waals surface area contributed by atoms with Gasteiger partial charge >= 0.3 is 6.03 Å². The van der Waals surface area contributed by atoms with Gasteiger partial charge < -0.3 is 15.7 Å². The molecule has 3 N–H and O–H groups in total. The van der Waals surface area contributed by atoms with Crippen LogP contribution in [0.1, 0.15) is 19.3 Å². The Bertz CT molecular complexity index is 416. The molecule has 18 heavy (non-hydrogen) atoms. The highest BCUT2D eigenvalue weighted by Crippen LogP contribution is 2.47. The third-order valence-electron chi connectivity index (χ3n) is 3.33. The van der Waals surface area contributed by atoms with Gasteiger partial charge in [-0.3, -0.25) is 0 Å². The summed E-state index contributed by atoms with van der Waals surface area (Å²) in [5, 5.41) is 14.3. The Morgan fingerprint density at radius 3 is 2.56 bits per heavy atom. The van der Waals surface area contributed by atoms with Crippen LogP contribution in [0, 0.1) is 11.2 Å². The van der Waals surface area contributed by atoms with Crippen molar-refractivity contribution in [3.05, 3.63) is 30.1 Å². The SMILES string of the molecule is O=C(NCC1(CCO)CC1)Nc1ccc(F)cc1. The molecule has 0 spiro atoms. The van der Waals surface area contributed by atoms with Gasteiger partial charge in [0, 0.05) is 18.8 Å². The van der Waals surface area contributed by atoms with Crippen molar-refractivity contribution in [1.82, 2.24) is 5.32 Å². The second-order valence-corrected chi connectivity index (χ2v) is 4.79. The monoisotopic (exact) mass is 252 g/mol. The molecular weight excluding hydrogens is 235 g/mol. The first-order valence-electron chi connectivity index (χ1n) is 6.05. The quantitative estimate of drug-likeness (QED) is 0.751. The molecular formula is C13H17FN2O2. The highest BCUT2D eigenvalue weighted by molar-refractivity contribution is 5.89. The zero-order valence-electron chi connectivity index (χ0n) is 10.1. The normalized spacial score (nSPS) is 16.1. The second kappa shape index (κ2) is 5.35. The molecule has 0 heterocycles. The Labute approximate surface area is 105 Å². The smallest absolute Gasteiger partial charge is 0.319 e. The molecule has 1 aliphatic carbocycles. The van der Waals surface area contributed by atoms with E-state index >= 15 is 0 Å². The number of amides is 2. The van der Waals surface area contributed by atoms with Crippen molar-refractivity contribution in [3.63, 3.8) is 0 Å². The van der Waals surface area contributed by atoms with Crippen molar-refractivity contribution in [1.29, 1.82) is 0 Å². The number of aliphatic hydroxyl groups excluding tert-OH is 1. The zero-order valence-corrected chi connectivity index (χ0v) is 10.1. The molecule has 1 aliphatic rings. The molecule has 0 atom stereocenters. The van der Waals surface area contributed by atoms with Crippen LogP contribution in [0.15, 0.2) is 24.3 Å². The summed E-state index contributed by atoms with van der Waals surface area (Å²) in [6, 6.07) is 5.31. The molecule has 1 aromatic rings. The van der Waals surface area contributed by atoms with Crippen LogP contribution in [0.2, 0.25) is 0 Å². The molecule has 1 fully saturated rings. The molecule has 4 nitrogen and oxygen atoms in total. The number of rotatable bonds is 5. The van der Waals surface area contributed by atoms with Gasteiger partial charge in [-0.05, 0) is 48.9 Å². The molecule has 0 unspecified atom stereocenters. The lowest BCUT2D eigenvalue weighted by Crippen LogP contribution is -2.34. The molecule has 0 bridgehead atoms. The Morgan fingerprint density at radius 1 is 1.33 bits per heavy atom. The van der Waals surface area contributed by atoms with Crippen LogP contribution in [0.25, 0.3) is 0 Å². The van der Waals surface area contributed by atoms with E-state index in [2.05, 4.69) is 10.6 Å². The van der Waals surface area contributed by atoms with E-state index in [-0.39, 0.29) is 23.9 Å². The number of carbonyl (C=O) groups excluding carboxylic acids is 1. The first-order valence-corrected chi connectivity index (χ1v) is 6.05. The maximum atomic E-state index is 12.7. The summed E-state index contributed by atoms with van der Waals surface area (Å²) in [7, 11) is 0. The number of carbonyl (C=O) groups is 1. The van der Waals surface area contributed by atoms with Crippen molar-refractivity contribution in [2.75, 3.05) is 18.5 Å². The van der Waals surface area contributed by atoms with E-state index in [0.717, 1.165) is 19.3 Å². The number of halogens is 1. The van der Waals surface area contributed by atoms with Gasteiger partial charge in [0.25, 0.3) is 0 Å². The minimum absolute atomic E-state index is 0.0921. The highest BCUT2D eigenvalue weighted by Gasteiger charge is 2.41. The second-order valence-electron chi connectivity index (χ2n) is 4.79. The van der Waals surface area contributed by atoms with Crippen molar-refractivity contribution in [2.24, 2.45) is 5.41 Å². The lowest BCUT2D eigenvalue weighted by atomic mass is 10.0. The van der Waals surface area contributed by atoms with Gasteiger partial charge in [0.05, 0.1) is 0 Å². The average molecular weight is 252 g/mol. The molecule has 1 saturated carbocycles. The van der Waals surface area contributed by atoms with Gasteiger partial charge in [-0.2, -0.15) is 0 Å². The minimum Gasteiger partial charge on any atom is -0.396 e. The van der Waals surface area contributed by atoms with Crippen LogP contribution in [-0.4, -0.2) is 24.3 Å². The summed E-state index contributed by atoms with van der Waals surface area (Å²) in [5.74, 6) is -0.333. The van der Waals surface area contributed by atoms with E-state index in [0.29, 0.717) is 12.2 Å². The molecule has 0 aromatic heterocycles. The number of nitrogens with one attached hydrogen (secondary N) is 2. The lowest BCUT2D eigenvalue weighted by molar-refractivity contribution is 0.234. The standard InChI is InChI=1S/C13H17FN2O2/c14-10-1-3-11(4-2-10)16-12(18)15-9-13(5-6-13)7-8-17/h1-4,17H,5-9H2,(H2,15,16,18). The fourth-order valence-electron chi connectivity index (χ4n) is 1.91. The molecule has 1 aromatic carbocycles. The number of benzene rings is 1. The molecule has 98 valence electrons. The van der Waals surface area contributed by atoms with Gasteiger partial charge in [0.2, 0.25) is 0 Å². The summed E-state index contributed by atoms with van der Waals surface area (Å²) in [6.07, 6.45) is 2.82. The zero-order chi connectivity index (χ0) is 13.0. The fourth-order valence-corrected chi connectivity index (χ4v) is 1.91. The molecule has 0 saturated heterocycles. The Hall–Kier alpha value is -1.62. The first-order chi connectivity index (χ1) is 8.63. The topological polar surface area (TPSA) is 61.4 Å². The van der Waals surface area contributed by atoms with E-state index in [1.54, 1.807) is 0 Å². The predicted octanol–water partition coefficient (Wildman–Crippen LogP) is 2.11. The highest BCUT2D eigenvalue weighted by atomic mass is 19.1. The molecule has 2 rings (SSSR count). The van der Waals surface area contributed by atoms with Crippen molar-refractivity contribution >= 4 is 11.7 Å². The van der Waals surface area contributed by atoms with Crippen LogP contribution in [-0.2, 0) is 0 Å². The number of hydrogen-bond acceptors (Lipinski definition) is 2. The molecule has 5 heteroatoms. The minimum atomic E-state index is -0.333. The van der Waals surface area contributed by atoms with Crippen molar-refractivity contribution in [2.45, 2.75) is 19.3 Å². The van der Waals surface area contributed by atoms with Crippen LogP contribution in [0.4, 0.5) is 14.9 Å². The van der Waals surface area contributed by atoms with Crippen LogP contribution >= 0.6 is 0 Å². The van der Waals surface area contributed by atoms with Gasteiger partial charge in [0.1, 0.15) is 5.82 Å². The maximum absolute atomic E-state index is 12.7. The Kier molecular flexibility index (Phi) is 3.81. The average Bonchev–Trinajstić information content (AvgIpc) is 3.11. The van der Waals surface area contributed by atoms with Crippen LogP contribution in [0.3, 0.4) is 0 Å². The molecule has 0 radical (unpaired) electrons. The predicted molar refractivity (Wildman–Crippen MR) is 66.8 cm³/mol. The largest absolute Gasteiger partial charge is 0.396 e. The fraction of sp³-hybridized carbons (Fsp3) is 0.462. The van der Waals surface area contributed by atoms with Crippen LogP contribution in [0.5, 0.6) is 0 Å². The third kappa shape index (κ3) is 3.43. The summed E-state index contributed by atoms with van der Waals surface area (Å²) in [4.78, 5) is 11.6. The van der Waals surface area contributed by atoms with E-state index in [9.17, 15) is 9.18 Å². The van der Waals surface area contributed by atoms with Gasteiger partial charge in [-0.15, -0.1) is 0 Å².